The van der Waals surface area contributed by atoms with Crippen LogP contribution in [0.3, 0.4) is 0 Å². The van der Waals surface area contributed by atoms with Crippen molar-refractivity contribution >= 4 is 28.7 Å². The van der Waals surface area contributed by atoms with Crippen LogP contribution >= 0.6 is 11.8 Å². The zero-order chi connectivity index (χ0) is 21.1. The molecule has 1 aliphatic carbocycles. The molecule has 3 aromatic rings. The number of pyridine rings is 1. The minimum atomic E-state index is -0.106. The Kier molecular flexibility index (Phi) is 6.18. The lowest BCUT2D eigenvalue weighted by atomic mass is 9.88. The first-order valence-corrected chi connectivity index (χ1v) is 11.4. The number of benzene rings is 1. The molecule has 1 aliphatic rings. The predicted octanol–water partition coefficient (Wildman–Crippen LogP) is 3.73. The van der Waals surface area contributed by atoms with Gasteiger partial charge in [-0.25, -0.2) is 9.97 Å². The zero-order valence-electron chi connectivity index (χ0n) is 17.3. The van der Waals surface area contributed by atoms with Crippen LogP contribution in [-0.2, 0) is 17.8 Å². The van der Waals surface area contributed by atoms with E-state index in [-0.39, 0.29) is 29.2 Å². The molecule has 1 atom stereocenters. The van der Waals surface area contributed by atoms with Crippen LogP contribution in [0.4, 0.5) is 0 Å². The van der Waals surface area contributed by atoms with Crippen molar-refractivity contribution in [1.82, 2.24) is 19.9 Å². The average Bonchev–Trinajstić information content (AvgIpc) is 2.74. The molecule has 7 heteroatoms. The van der Waals surface area contributed by atoms with Crippen LogP contribution in [0.25, 0.3) is 11.0 Å². The lowest BCUT2D eigenvalue weighted by Crippen LogP contribution is -2.32. The first-order valence-electron chi connectivity index (χ1n) is 10.4. The molecule has 2 heterocycles. The molecule has 0 saturated carbocycles. The fourth-order valence-corrected chi connectivity index (χ4v) is 4.75. The smallest absolute Gasteiger partial charge is 0.263 e. The highest BCUT2D eigenvalue weighted by molar-refractivity contribution is 7.99. The second kappa shape index (κ2) is 9.00. The van der Waals surface area contributed by atoms with E-state index in [1.54, 1.807) is 22.9 Å². The molecule has 2 aromatic heterocycles. The number of aryl methyl sites for hydroxylation is 1. The average molecular weight is 423 g/mol. The number of hydrogen-bond acceptors (Lipinski definition) is 5. The van der Waals surface area contributed by atoms with E-state index in [9.17, 15) is 9.59 Å². The summed E-state index contributed by atoms with van der Waals surface area (Å²) in [4.78, 5) is 34.5. The van der Waals surface area contributed by atoms with Gasteiger partial charge in [0.05, 0.1) is 17.2 Å². The number of rotatable bonds is 6. The second-order valence-electron chi connectivity index (χ2n) is 8.08. The van der Waals surface area contributed by atoms with Crippen molar-refractivity contribution in [2.75, 3.05) is 5.75 Å². The summed E-state index contributed by atoms with van der Waals surface area (Å²) in [5.41, 5.74) is 2.85. The summed E-state index contributed by atoms with van der Waals surface area (Å²) in [6.07, 6.45) is 4.71. The largest absolute Gasteiger partial charge is 0.349 e. The number of nitrogens with one attached hydrogen (secondary N) is 1. The molecule has 0 spiro atoms. The minimum absolute atomic E-state index is 0.0480. The first-order chi connectivity index (χ1) is 14.5. The Morgan fingerprint density at radius 3 is 2.93 bits per heavy atom. The molecule has 30 heavy (non-hydrogen) atoms. The van der Waals surface area contributed by atoms with Gasteiger partial charge in [0.15, 0.2) is 10.8 Å². The van der Waals surface area contributed by atoms with Gasteiger partial charge >= 0.3 is 0 Å². The summed E-state index contributed by atoms with van der Waals surface area (Å²) in [5, 5.41) is 4.21. The summed E-state index contributed by atoms with van der Waals surface area (Å²) in [6.45, 7) is 4.67. The summed E-state index contributed by atoms with van der Waals surface area (Å²) in [5.74, 6) is 0.445. The van der Waals surface area contributed by atoms with Crippen LogP contribution < -0.4 is 10.9 Å². The van der Waals surface area contributed by atoms with Gasteiger partial charge in [-0.1, -0.05) is 49.9 Å². The van der Waals surface area contributed by atoms with E-state index in [0.717, 1.165) is 19.3 Å². The summed E-state index contributed by atoms with van der Waals surface area (Å²) < 4.78 is 1.67. The highest BCUT2D eigenvalue weighted by Crippen LogP contribution is 2.29. The number of carbonyl (C=O) groups excluding carboxylic acids is 1. The van der Waals surface area contributed by atoms with Crippen molar-refractivity contribution in [1.29, 1.82) is 0 Å². The van der Waals surface area contributed by atoms with Crippen LogP contribution in [0.5, 0.6) is 0 Å². The Labute approximate surface area is 180 Å². The molecular weight excluding hydrogens is 396 g/mol. The molecule has 0 radical (unpaired) electrons. The predicted molar refractivity (Wildman–Crippen MR) is 120 cm³/mol. The van der Waals surface area contributed by atoms with Crippen LogP contribution in [0, 0.1) is 5.92 Å². The lowest BCUT2D eigenvalue weighted by molar-refractivity contribution is -0.119. The fraction of sp³-hybridized carbons (Fsp3) is 0.391. The van der Waals surface area contributed by atoms with Crippen LogP contribution in [0.1, 0.15) is 43.9 Å². The third-order valence-electron chi connectivity index (χ3n) is 5.28. The number of aromatic nitrogens is 3. The van der Waals surface area contributed by atoms with E-state index in [0.29, 0.717) is 22.7 Å². The van der Waals surface area contributed by atoms with E-state index in [2.05, 4.69) is 41.3 Å². The minimum Gasteiger partial charge on any atom is -0.349 e. The fourth-order valence-electron chi connectivity index (χ4n) is 3.94. The van der Waals surface area contributed by atoms with Crippen molar-refractivity contribution in [3.8, 4) is 0 Å². The van der Waals surface area contributed by atoms with E-state index in [1.165, 1.54) is 22.9 Å². The summed E-state index contributed by atoms with van der Waals surface area (Å²) in [6, 6.07) is 11.8. The maximum atomic E-state index is 13.0. The standard InChI is InChI=1S/C23H26N4O2S/c1-15(2)13-27-22(29)18-10-6-12-24-21(18)26-23(27)30-14-20(28)25-19-11-5-8-16-7-3-4-9-17(16)19/h3-4,6-7,9-10,12,15,19H,5,8,11,13-14H2,1-2H3,(H,25,28). The monoisotopic (exact) mass is 422 g/mol. The molecule has 0 fully saturated rings. The number of amides is 1. The molecular formula is C23H26N4O2S. The highest BCUT2D eigenvalue weighted by atomic mass is 32.2. The second-order valence-corrected chi connectivity index (χ2v) is 9.02. The molecule has 1 aromatic carbocycles. The van der Waals surface area contributed by atoms with Gasteiger partial charge in [-0.15, -0.1) is 0 Å². The van der Waals surface area contributed by atoms with Crippen molar-refractivity contribution < 1.29 is 4.79 Å². The van der Waals surface area contributed by atoms with Gasteiger partial charge in [-0.3, -0.25) is 14.2 Å². The Bertz CT molecular complexity index is 1130. The van der Waals surface area contributed by atoms with Crippen LogP contribution in [0.2, 0.25) is 0 Å². The van der Waals surface area contributed by atoms with Gasteiger partial charge in [-0.05, 0) is 48.4 Å². The number of carbonyl (C=O) groups is 1. The number of thioether (sulfide) groups is 1. The van der Waals surface area contributed by atoms with Gasteiger partial charge in [0.1, 0.15) is 0 Å². The number of hydrogen-bond donors (Lipinski definition) is 1. The third kappa shape index (κ3) is 4.41. The Morgan fingerprint density at radius 1 is 1.27 bits per heavy atom. The first kappa shape index (κ1) is 20.6. The van der Waals surface area contributed by atoms with Crippen molar-refractivity contribution in [2.45, 2.75) is 50.9 Å². The van der Waals surface area contributed by atoms with Gasteiger partial charge in [0.2, 0.25) is 5.91 Å². The van der Waals surface area contributed by atoms with Crippen LogP contribution in [-0.4, -0.2) is 26.2 Å². The van der Waals surface area contributed by atoms with Gasteiger partial charge in [0, 0.05) is 12.7 Å². The quantitative estimate of drug-likeness (QED) is 0.484. The molecule has 4 rings (SSSR count). The van der Waals surface area contributed by atoms with Gasteiger partial charge in [0.25, 0.3) is 5.56 Å². The molecule has 1 N–H and O–H groups in total. The van der Waals surface area contributed by atoms with Crippen LogP contribution in [0.15, 0.2) is 52.5 Å². The molecule has 1 unspecified atom stereocenters. The highest BCUT2D eigenvalue weighted by Gasteiger charge is 2.22. The lowest BCUT2D eigenvalue weighted by Gasteiger charge is -2.26. The van der Waals surface area contributed by atoms with E-state index >= 15 is 0 Å². The maximum Gasteiger partial charge on any atom is 0.263 e. The Morgan fingerprint density at radius 2 is 2.10 bits per heavy atom. The molecule has 0 saturated heterocycles. The SMILES string of the molecule is CC(C)Cn1c(SCC(=O)NC2CCCc3ccccc32)nc2ncccc2c1=O. The topological polar surface area (TPSA) is 76.9 Å². The normalized spacial score (nSPS) is 15.9. The number of fused-ring (bicyclic) bond motifs is 2. The summed E-state index contributed by atoms with van der Waals surface area (Å²) >= 11 is 1.30. The Balaban J connectivity index is 1.52. The van der Waals surface area contributed by atoms with Crippen molar-refractivity contribution in [2.24, 2.45) is 5.92 Å². The van der Waals surface area contributed by atoms with Gasteiger partial charge < -0.3 is 5.32 Å². The van der Waals surface area contributed by atoms with Gasteiger partial charge in [-0.2, -0.15) is 0 Å². The molecule has 6 nitrogen and oxygen atoms in total. The molecule has 0 aliphatic heterocycles. The van der Waals surface area contributed by atoms with E-state index in [1.807, 2.05) is 12.1 Å². The van der Waals surface area contributed by atoms with E-state index in [4.69, 9.17) is 0 Å². The molecule has 1 amide bonds. The maximum absolute atomic E-state index is 13.0. The summed E-state index contributed by atoms with van der Waals surface area (Å²) in [7, 11) is 0. The molecule has 156 valence electrons. The third-order valence-corrected chi connectivity index (χ3v) is 6.26. The molecule has 0 bridgehead atoms. The van der Waals surface area contributed by atoms with E-state index < -0.39 is 0 Å². The zero-order valence-corrected chi connectivity index (χ0v) is 18.1. The van der Waals surface area contributed by atoms with Crippen molar-refractivity contribution in [3.63, 3.8) is 0 Å². The number of nitrogens with zero attached hydrogens (tertiary/aromatic N) is 3. The van der Waals surface area contributed by atoms with Crippen molar-refractivity contribution in [3.05, 3.63) is 64.1 Å². The Hall–Kier alpha value is -2.67.